The second kappa shape index (κ2) is 15.0. The fourth-order valence-electron chi connectivity index (χ4n) is 3.25. The average Bonchev–Trinajstić information content (AvgIpc) is 2.67. The number of benzene rings is 1. The van der Waals surface area contributed by atoms with Gasteiger partial charge in [0.25, 0.3) is 10.1 Å². The zero-order valence-electron chi connectivity index (χ0n) is 17.9. The van der Waals surface area contributed by atoms with Crippen LogP contribution in [-0.4, -0.2) is 26.2 Å². The molecule has 0 amide bonds. The molecule has 0 spiro atoms. The first-order chi connectivity index (χ1) is 13.5. The smallest absolute Gasteiger partial charge is 0.297 e. The van der Waals surface area contributed by atoms with E-state index in [4.69, 9.17) is 4.18 Å². The van der Waals surface area contributed by atoms with E-state index in [9.17, 15) is 13.5 Å². The van der Waals surface area contributed by atoms with Gasteiger partial charge < -0.3 is 5.11 Å². The summed E-state index contributed by atoms with van der Waals surface area (Å²) < 4.78 is 29.2. The molecule has 0 aliphatic heterocycles. The van der Waals surface area contributed by atoms with Gasteiger partial charge in [-0.15, -0.1) is 0 Å². The van der Waals surface area contributed by atoms with Crippen molar-refractivity contribution in [1.29, 1.82) is 0 Å². The van der Waals surface area contributed by atoms with Gasteiger partial charge in [0.05, 0.1) is 17.6 Å². The summed E-state index contributed by atoms with van der Waals surface area (Å²) in [6.45, 7) is 3.98. The fraction of sp³-hybridized carbons (Fsp3) is 0.739. The van der Waals surface area contributed by atoms with E-state index in [-0.39, 0.29) is 11.5 Å². The van der Waals surface area contributed by atoms with Crippen molar-refractivity contribution in [2.24, 2.45) is 0 Å². The molecule has 0 heterocycles. The number of aliphatic hydroxyl groups excluding tert-OH is 1. The van der Waals surface area contributed by atoms with Crippen LogP contribution in [0.15, 0.2) is 29.2 Å². The molecule has 1 atom stereocenters. The van der Waals surface area contributed by atoms with Gasteiger partial charge in [-0.1, -0.05) is 102 Å². The molecule has 0 fully saturated rings. The van der Waals surface area contributed by atoms with Gasteiger partial charge in [0.2, 0.25) is 0 Å². The monoisotopic (exact) mass is 412 g/mol. The topological polar surface area (TPSA) is 63.6 Å². The Morgan fingerprint density at radius 3 is 1.79 bits per heavy atom. The maximum atomic E-state index is 12.1. The third kappa shape index (κ3) is 11.8. The second-order valence-corrected chi connectivity index (χ2v) is 9.50. The predicted molar refractivity (Wildman–Crippen MR) is 116 cm³/mol. The maximum Gasteiger partial charge on any atom is 0.297 e. The Labute approximate surface area is 172 Å². The minimum atomic E-state index is -3.79. The first-order valence-corrected chi connectivity index (χ1v) is 12.5. The van der Waals surface area contributed by atoms with Crippen LogP contribution in [0.1, 0.15) is 96.0 Å². The molecule has 4 nitrogen and oxygen atoms in total. The van der Waals surface area contributed by atoms with Crippen molar-refractivity contribution in [3.05, 3.63) is 29.8 Å². The number of unbranched alkanes of at least 4 members (excludes halogenated alkanes) is 11. The lowest BCUT2D eigenvalue weighted by atomic mass is 10.0. The van der Waals surface area contributed by atoms with Gasteiger partial charge in [-0.05, 0) is 25.5 Å². The molecule has 1 aromatic rings. The zero-order chi connectivity index (χ0) is 20.7. The molecule has 0 saturated heterocycles. The molecule has 5 heteroatoms. The first kappa shape index (κ1) is 25.1. The van der Waals surface area contributed by atoms with Crippen molar-refractivity contribution < 1.29 is 17.7 Å². The molecule has 0 saturated carbocycles. The van der Waals surface area contributed by atoms with Crippen LogP contribution in [0.5, 0.6) is 0 Å². The summed E-state index contributed by atoms with van der Waals surface area (Å²) in [5.74, 6) is 0. The Balaban J connectivity index is 2.01. The molecule has 1 rings (SSSR count). The normalized spacial score (nSPS) is 13.0. The van der Waals surface area contributed by atoms with Crippen molar-refractivity contribution in [2.45, 2.75) is 108 Å². The molecule has 162 valence electrons. The zero-order valence-corrected chi connectivity index (χ0v) is 18.7. The number of hydrogen-bond donors (Lipinski definition) is 1. The van der Waals surface area contributed by atoms with Gasteiger partial charge in [-0.2, -0.15) is 8.42 Å². The lowest BCUT2D eigenvalue weighted by molar-refractivity contribution is 0.100. The molecule has 1 unspecified atom stereocenters. The standard InChI is InChI=1S/C23H40O4S/c1-3-4-5-6-7-8-9-10-11-12-13-14-15-22(24)20-27-28(25,26)23-18-16-21(2)17-19-23/h16-19,22,24H,3-15,20H2,1-2H3. The van der Waals surface area contributed by atoms with E-state index >= 15 is 0 Å². The SMILES string of the molecule is CCCCCCCCCCCCCCC(O)COS(=O)(=O)c1ccc(C)cc1. The van der Waals surface area contributed by atoms with Crippen LogP contribution >= 0.6 is 0 Å². The lowest BCUT2D eigenvalue weighted by Gasteiger charge is -2.11. The molecule has 1 aromatic carbocycles. The van der Waals surface area contributed by atoms with Crippen molar-refractivity contribution in [1.82, 2.24) is 0 Å². The summed E-state index contributed by atoms with van der Waals surface area (Å²) >= 11 is 0. The van der Waals surface area contributed by atoms with E-state index in [0.717, 1.165) is 18.4 Å². The van der Waals surface area contributed by atoms with Crippen molar-refractivity contribution >= 4 is 10.1 Å². The Bertz CT molecular complexity index is 596. The highest BCUT2D eigenvalue weighted by Crippen LogP contribution is 2.16. The summed E-state index contributed by atoms with van der Waals surface area (Å²) in [6, 6.07) is 6.53. The van der Waals surface area contributed by atoms with Crippen LogP contribution in [0.2, 0.25) is 0 Å². The van der Waals surface area contributed by atoms with Gasteiger partial charge >= 0.3 is 0 Å². The van der Waals surface area contributed by atoms with E-state index in [1.165, 1.54) is 76.3 Å². The van der Waals surface area contributed by atoms with E-state index in [1.54, 1.807) is 12.1 Å². The Morgan fingerprint density at radius 1 is 0.821 bits per heavy atom. The average molecular weight is 413 g/mol. The quantitative estimate of drug-likeness (QED) is 0.246. The van der Waals surface area contributed by atoms with Crippen molar-refractivity contribution in [3.63, 3.8) is 0 Å². The predicted octanol–water partition coefficient (Wildman–Crippen LogP) is 6.15. The summed E-state index contributed by atoms with van der Waals surface area (Å²) in [5, 5.41) is 9.98. The van der Waals surface area contributed by atoms with Gasteiger partial charge in [-0.3, -0.25) is 4.18 Å². The molecule has 0 aromatic heterocycles. The second-order valence-electron chi connectivity index (χ2n) is 7.88. The summed E-state index contributed by atoms with van der Waals surface area (Å²) in [5.41, 5.74) is 0.992. The van der Waals surface area contributed by atoms with Crippen molar-refractivity contribution in [3.8, 4) is 0 Å². The van der Waals surface area contributed by atoms with Gasteiger partial charge in [-0.25, -0.2) is 0 Å². The number of aliphatic hydroxyl groups is 1. The summed E-state index contributed by atoms with van der Waals surface area (Å²) in [7, 11) is -3.79. The third-order valence-corrected chi connectivity index (χ3v) is 6.41. The highest BCUT2D eigenvalue weighted by molar-refractivity contribution is 7.86. The number of rotatable bonds is 17. The van der Waals surface area contributed by atoms with Crippen LogP contribution in [0, 0.1) is 6.92 Å². The maximum absolute atomic E-state index is 12.1. The van der Waals surface area contributed by atoms with Crippen LogP contribution in [-0.2, 0) is 14.3 Å². The highest BCUT2D eigenvalue weighted by Gasteiger charge is 2.17. The largest absolute Gasteiger partial charge is 0.391 e. The van der Waals surface area contributed by atoms with Crippen LogP contribution < -0.4 is 0 Å². The molecule has 1 N–H and O–H groups in total. The highest BCUT2D eigenvalue weighted by atomic mass is 32.2. The van der Waals surface area contributed by atoms with Gasteiger partial charge in [0.15, 0.2) is 0 Å². The molecule has 0 aliphatic carbocycles. The van der Waals surface area contributed by atoms with Crippen molar-refractivity contribution in [2.75, 3.05) is 6.61 Å². The minimum absolute atomic E-state index is 0.135. The van der Waals surface area contributed by atoms with Crippen LogP contribution in [0.4, 0.5) is 0 Å². The Morgan fingerprint density at radius 2 is 1.29 bits per heavy atom. The summed E-state index contributed by atoms with van der Waals surface area (Å²) in [6.07, 6.45) is 15.1. The Kier molecular flexibility index (Phi) is 13.5. The molecular weight excluding hydrogens is 372 g/mol. The number of hydrogen-bond acceptors (Lipinski definition) is 4. The minimum Gasteiger partial charge on any atom is -0.391 e. The lowest BCUT2D eigenvalue weighted by Crippen LogP contribution is -2.19. The first-order valence-electron chi connectivity index (χ1n) is 11.1. The third-order valence-electron chi connectivity index (χ3n) is 5.12. The molecule has 28 heavy (non-hydrogen) atoms. The molecule has 0 radical (unpaired) electrons. The number of aryl methyl sites for hydroxylation is 1. The van der Waals surface area contributed by atoms with Gasteiger partial charge in [0.1, 0.15) is 0 Å². The van der Waals surface area contributed by atoms with Crippen LogP contribution in [0.25, 0.3) is 0 Å². The van der Waals surface area contributed by atoms with Gasteiger partial charge in [0, 0.05) is 0 Å². The molecular formula is C23H40O4S. The van der Waals surface area contributed by atoms with E-state index in [2.05, 4.69) is 6.92 Å². The fourth-order valence-corrected chi connectivity index (χ4v) is 4.19. The van der Waals surface area contributed by atoms with E-state index < -0.39 is 16.2 Å². The van der Waals surface area contributed by atoms with E-state index in [0.29, 0.717) is 6.42 Å². The molecule has 0 bridgehead atoms. The van der Waals surface area contributed by atoms with Crippen LogP contribution in [0.3, 0.4) is 0 Å². The Hall–Kier alpha value is -0.910. The molecule has 0 aliphatic rings. The van der Waals surface area contributed by atoms with E-state index in [1.807, 2.05) is 6.92 Å². The summed E-state index contributed by atoms with van der Waals surface area (Å²) in [4.78, 5) is 0.135.